The molecular formula is C12H20N2O3S. The first kappa shape index (κ1) is 14.9. The molecule has 3 N–H and O–H groups in total. The third kappa shape index (κ3) is 5.03. The fraction of sp³-hybridized carbons (Fsp3) is 0.500. The highest BCUT2D eigenvalue weighted by Crippen LogP contribution is 2.17. The lowest BCUT2D eigenvalue weighted by molar-refractivity contribution is 0.199. The lowest BCUT2D eigenvalue weighted by Gasteiger charge is -2.12. The smallest absolute Gasteiger partial charge is 0.299 e. The molecule has 1 unspecified atom stereocenters. The lowest BCUT2D eigenvalue weighted by Crippen LogP contribution is -2.32. The molecule has 0 fully saturated rings. The van der Waals surface area contributed by atoms with E-state index in [-0.39, 0.29) is 5.92 Å². The lowest BCUT2D eigenvalue weighted by atomic mass is 10.1. The van der Waals surface area contributed by atoms with E-state index >= 15 is 0 Å². The van der Waals surface area contributed by atoms with Crippen molar-refractivity contribution in [3.05, 3.63) is 29.8 Å². The maximum atomic E-state index is 11.7. The Morgan fingerprint density at radius 1 is 1.28 bits per heavy atom. The average Bonchev–Trinajstić information content (AvgIpc) is 2.26. The van der Waals surface area contributed by atoms with Gasteiger partial charge >= 0.3 is 0 Å². The Balaban J connectivity index is 2.75. The summed E-state index contributed by atoms with van der Waals surface area (Å²) in [6.07, 6.45) is -0.627. The molecule has 1 aromatic rings. The van der Waals surface area contributed by atoms with Crippen LogP contribution >= 0.6 is 0 Å². The van der Waals surface area contributed by atoms with Gasteiger partial charge in [-0.15, -0.1) is 0 Å². The van der Waals surface area contributed by atoms with Crippen LogP contribution in [0.25, 0.3) is 0 Å². The minimum absolute atomic E-state index is 0.241. The first-order chi connectivity index (χ1) is 8.30. The quantitative estimate of drug-likeness (QED) is 0.736. The maximum Gasteiger partial charge on any atom is 0.299 e. The summed E-state index contributed by atoms with van der Waals surface area (Å²) in [4.78, 5) is 0. The van der Waals surface area contributed by atoms with Crippen molar-refractivity contribution in [1.82, 2.24) is 4.72 Å². The number of rotatable bonds is 6. The van der Waals surface area contributed by atoms with E-state index in [0.29, 0.717) is 17.8 Å². The summed E-state index contributed by atoms with van der Waals surface area (Å²) in [5.74, 6) is 0.241. The molecule has 0 saturated heterocycles. The standard InChI is InChI=1S/C12H20N2O3S/c1-9(2)8-13-18(16,17)14-12-6-4-5-11(7-12)10(3)15/h4-7,9-10,13-15H,8H2,1-3H3. The van der Waals surface area contributed by atoms with Gasteiger partial charge < -0.3 is 5.11 Å². The Morgan fingerprint density at radius 2 is 1.94 bits per heavy atom. The molecule has 0 amide bonds. The minimum atomic E-state index is -3.55. The maximum absolute atomic E-state index is 11.7. The zero-order chi connectivity index (χ0) is 13.8. The second-order valence-electron chi connectivity index (χ2n) is 4.65. The van der Waals surface area contributed by atoms with Crippen molar-refractivity contribution >= 4 is 15.9 Å². The van der Waals surface area contributed by atoms with Gasteiger partial charge in [-0.25, -0.2) is 0 Å². The van der Waals surface area contributed by atoms with Crippen LogP contribution in [0.2, 0.25) is 0 Å². The van der Waals surface area contributed by atoms with Gasteiger partial charge in [0.25, 0.3) is 10.2 Å². The SMILES string of the molecule is CC(C)CNS(=O)(=O)Nc1cccc(C(C)O)c1. The van der Waals surface area contributed by atoms with Crippen LogP contribution in [0.5, 0.6) is 0 Å². The molecule has 0 radical (unpaired) electrons. The molecule has 1 aromatic carbocycles. The second-order valence-corrected chi connectivity index (χ2v) is 6.15. The molecule has 5 nitrogen and oxygen atoms in total. The number of aliphatic hydroxyl groups is 1. The van der Waals surface area contributed by atoms with Gasteiger partial charge in [0.2, 0.25) is 0 Å². The third-order valence-corrected chi connectivity index (χ3v) is 3.35. The van der Waals surface area contributed by atoms with Crippen molar-refractivity contribution in [2.45, 2.75) is 26.9 Å². The van der Waals surface area contributed by atoms with E-state index in [9.17, 15) is 13.5 Å². The number of hydrogen-bond acceptors (Lipinski definition) is 3. The van der Waals surface area contributed by atoms with Gasteiger partial charge in [0.15, 0.2) is 0 Å². The van der Waals surface area contributed by atoms with Crippen LogP contribution in [-0.4, -0.2) is 20.1 Å². The Morgan fingerprint density at radius 3 is 2.50 bits per heavy atom. The molecule has 1 rings (SSSR count). The van der Waals surface area contributed by atoms with Gasteiger partial charge in [0.05, 0.1) is 11.8 Å². The average molecular weight is 272 g/mol. The van der Waals surface area contributed by atoms with Crippen LogP contribution < -0.4 is 9.44 Å². The molecule has 6 heteroatoms. The number of anilines is 1. The molecule has 0 spiro atoms. The minimum Gasteiger partial charge on any atom is -0.389 e. The summed E-state index contributed by atoms with van der Waals surface area (Å²) in [6, 6.07) is 6.69. The number of nitrogens with one attached hydrogen (secondary N) is 2. The number of aliphatic hydroxyl groups excluding tert-OH is 1. The molecule has 0 aliphatic rings. The van der Waals surface area contributed by atoms with Crippen LogP contribution in [0.15, 0.2) is 24.3 Å². The van der Waals surface area contributed by atoms with E-state index in [2.05, 4.69) is 9.44 Å². The van der Waals surface area contributed by atoms with Crippen LogP contribution in [-0.2, 0) is 10.2 Å². The van der Waals surface area contributed by atoms with Crippen LogP contribution in [0.3, 0.4) is 0 Å². The first-order valence-corrected chi connectivity index (χ1v) is 7.34. The fourth-order valence-electron chi connectivity index (χ4n) is 1.33. The zero-order valence-electron chi connectivity index (χ0n) is 10.8. The summed E-state index contributed by atoms with van der Waals surface area (Å²) in [6.45, 7) is 5.86. The van der Waals surface area contributed by atoms with Crippen molar-refractivity contribution in [3.63, 3.8) is 0 Å². The monoisotopic (exact) mass is 272 g/mol. The molecule has 0 aliphatic heterocycles. The van der Waals surface area contributed by atoms with Gasteiger partial charge in [0, 0.05) is 6.54 Å². The normalized spacial score (nSPS) is 13.6. The first-order valence-electron chi connectivity index (χ1n) is 5.85. The molecule has 0 bridgehead atoms. The van der Waals surface area contributed by atoms with Gasteiger partial charge in [-0.1, -0.05) is 26.0 Å². The summed E-state index contributed by atoms with van der Waals surface area (Å²) in [5.41, 5.74) is 1.10. The molecule has 0 saturated carbocycles. The van der Waals surface area contributed by atoms with Crippen molar-refractivity contribution in [2.24, 2.45) is 5.92 Å². The third-order valence-electron chi connectivity index (χ3n) is 2.30. The highest BCUT2D eigenvalue weighted by atomic mass is 32.2. The van der Waals surface area contributed by atoms with E-state index in [0.717, 1.165) is 0 Å². The van der Waals surface area contributed by atoms with E-state index in [1.807, 2.05) is 13.8 Å². The van der Waals surface area contributed by atoms with Crippen molar-refractivity contribution in [3.8, 4) is 0 Å². The topological polar surface area (TPSA) is 78.4 Å². The predicted octanol–water partition coefficient (Wildman–Crippen LogP) is 1.64. The molecule has 102 valence electrons. The van der Waals surface area contributed by atoms with Crippen LogP contribution in [0, 0.1) is 5.92 Å². The van der Waals surface area contributed by atoms with Crippen molar-refractivity contribution in [2.75, 3.05) is 11.3 Å². The number of hydrogen-bond donors (Lipinski definition) is 3. The number of benzene rings is 1. The van der Waals surface area contributed by atoms with E-state index < -0.39 is 16.3 Å². The highest BCUT2D eigenvalue weighted by molar-refractivity contribution is 7.90. The molecule has 0 aromatic heterocycles. The van der Waals surface area contributed by atoms with Gasteiger partial charge in [0.1, 0.15) is 0 Å². The van der Waals surface area contributed by atoms with Gasteiger partial charge in [-0.2, -0.15) is 13.1 Å². The molecule has 0 heterocycles. The zero-order valence-corrected chi connectivity index (χ0v) is 11.7. The largest absolute Gasteiger partial charge is 0.389 e. The van der Waals surface area contributed by atoms with E-state index in [1.54, 1.807) is 31.2 Å². The van der Waals surface area contributed by atoms with E-state index in [1.165, 1.54) is 0 Å². The second kappa shape index (κ2) is 6.17. The van der Waals surface area contributed by atoms with Crippen molar-refractivity contribution in [1.29, 1.82) is 0 Å². The summed E-state index contributed by atoms with van der Waals surface area (Å²) < 4.78 is 28.3. The fourth-order valence-corrected chi connectivity index (χ4v) is 2.39. The molecule has 18 heavy (non-hydrogen) atoms. The Bertz CT molecular complexity index is 484. The van der Waals surface area contributed by atoms with Gasteiger partial charge in [-0.05, 0) is 30.5 Å². The summed E-state index contributed by atoms with van der Waals surface area (Å²) in [5, 5.41) is 9.43. The molecule has 1 atom stereocenters. The highest BCUT2D eigenvalue weighted by Gasteiger charge is 2.11. The van der Waals surface area contributed by atoms with Crippen LogP contribution in [0.4, 0.5) is 5.69 Å². The predicted molar refractivity (Wildman–Crippen MR) is 72.5 cm³/mol. The van der Waals surface area contributed by atoms with Gasteiger partial charge in [-0.3, -0.25) is 4.72 Å². The summed E-state index contributed by atoms with van der Waals surface area (Å²) >= 11 is 0. The summed E-state index contributed by atoms with van der Waals surface area (Å²) in [7, 11) is -3.55. The Hall–Kier alpha value is -1.11. The van der Waals surface area contributed by atoms with Crippen molar-refractivity contribution < 1.29 is 13.5 Å². The van der Waals surface area contributed by atoms with Crippen LogP contribution in [0.1, 0.15) is 32.4 Å². The Labute approximate surface area is 108 Å². The Kier molecular flexibility index (Phi) is 5.13. The molecular weight excluding hydrogens is 252 g/mol. The molecule has 0 aliphatic carbocycles. The van der Waals surface area contributed by atoms with E-state index in [4.69, 9.17) is 0 Å².